The van der Waals surface area contributed by atoms with Gasteiger partial charge in [0, 0.05) is 44.3 Å². The average Bonchev–Trinajstić information content (AvgIpc) is 2.62. The maximum absolute atomic E-state index is 5.87. The van der Waals surface area contributed by atoms with Gasteiger partial charge in [-0.05, 0) is 40.7 Å². The molecule has 1 fully saturated rings. The Labute approximate surface area is 164 Å². The number of ether oxygens (including phenoxy) is 2. The molecule has 6 nitrogen and oxygen atoms in total. The molecule has 6 heteroatoms. The van der Waals surface area contributed by atoms with Gasteiger partial charge in [0.05, 0.1) is 18.8 Å². The second kappa shape index (κ2) is 9.95. The predicted octanol–water partition coefficient (Wildman–Crippen LogP) is 2.64. The van der Waals surface area contributed by atoms with E-state index >= 15 is 0 Å². The summed E-state index contributed by atoms with van der Waals surface area (Å²) in [5.41, 5.74) is 1.13. The molecule has 1 heterocycles. The lowest BCUT2D eigenvalue weighted by Crippen LogP contribution is -2.59. The predicted molar refractivity (Wildman–Crippen MR) is 111 cm³/mol. The van der Waals surface area contributed by atoms with Crippen LogP contribution in [0.5, 0.6) is 5.75 Å². The van der Waals surface area contributed by atoms with Crippen LogP contribution >= 0.6 is 0 Å². The van der Waals surface area contributed by atoms with E-state index in [4.69, 9.17) is 9.47 Å². The zero-order chi connectivity index (χ0) is 19.9. The molecule has 0 saturated carbocycles. The van der Waals surface area contributed by atoms with Gasteiger partial charge in [-0.1, -0.05) is 18.2 Å². The molecule has 2 atom stereocenters. The Kier molecular flexibility index (Phi) is 7.92. The van der Waals surface area contributed by atoms with E-state index in [1.54, 1.807) is 7.05 Å². The molecule has 0 aliphatic carbocycles. The number of rotatable bonds is 7. The van der Waals surface area contributed by atoms with Crippen molar-refractivity contribution in [1.29, 1.82) is 0 Å². The molecular formula is C21H36N4O2. The third-order valence-corrected chi connectivity index (χ3v) is 4.91. The summed E-state index contributed by atoms with van der Waals surface area (Å²) in [5.74, 6) is 1.71. The Morgan fingerprint density at radius 1 is 1.22 bits per heavy atom. The highest BCUT2D eigenvalue weighted by molar-refractivity contribution is 5.79. The fraction of sp³-hybridized carbons (Fsp3) is 0.667. The van der Waals surface area contributed by atoms with Gasteiger partial charge >= 0.3 is 0 Å². The van der Waals surface area contributed by atoms with Gasteiger partial charge in [-0.2, -0.15) is 0 Å². The fourth-order valence-corrected chi connectivity index (χ4v) is 3.43. The summed E-state index contributed by atoms with van der Waals surface area (Å²) in [6.45, 7) is 14.9. The topological polar surface area (TPSA) is 58.1 Å². The van der Waals surface area contributed by atoms with E-state index in [1.165, 1.54) is 0 Å². The van der Waals surface area contributed by atoms with Crippen molar-refractivity contribution in [1.82, 2.24) is 15.5 Å². The quantitative estimate of drug-likeness (QED) is 0.566. The average molecular weight is 377 g/mol. The van der Waals surface area contributed by atoms with Crippen molar-refractivity contribution >= 4 is 5.96 Å². The first-order chi connectivity index (χ1) is 12.9. The molecule has 1 aliphatic heterocycles. The maximum atomic E-state index is 5.87. The van der Waals surface area contributed by atoms with E-state index in [-0.39, 0.29) is 17.7 Å². The third kappa shape index (κ3) is 6.40. The van der Waals surface area contributed by atoms with Crippen molar-refractivity contribution in [2.24, 2.45) is 4.99 Å². The van der Waals surface area contributed by atoms with Crippen molar-refractivity contribution in [3.63, 3.8) is 0 Å². The maximum Gasteiger partial charge on any atom is 0.191 e. The highest BCUT2D eigenvalue weighted by Gasteiger charge is 2.33. The van der Waals surface area contributed by atoms with Gasteiger partial charge in [0.15, 0.2) is 5.96 Å². The lowest BCUT2D eigenvalue weighted by atomic mass is 10.00. The van der Waals surface area contributed by atoms with Gasteiger partial charge in [0.2, 0.25) is 0 Å². The molecule has 1 aromatic rings. The minimum Gasteiger partial charge on any atom is -0.494 e. The molecule has 0 amide bonds. The summed E-state index contributed by atoms with van der Waals surface area (Å²) in [7, 11) is 1.80. The number of nitrogens with one attached hydrogen (secondary N) is 2. The molecular weight excluding hydrogens is 340 g/mol. The van der Waals surface area contributed by atoms with E-state index in [1.807, 2.05) is 25.1 Å². The van der Waals surface area contributed by atoms with Gasteiger partial charge < -0.3 is 20.1 Å². The van der Waals surface area contributed by atoms with Gasteiger partial charge in [-0.25, -0.2) is 0 Å². The zero-order valence-corrected chi connectivity index (χ0v) is 17.7. The summed E-state index contributed by atoms with van der Waals surface area (Å²) >= 11 is 0. The molecule has 0 aromatic heterocycles. The van der Waals surface area contributed by atoms with E-state index < -0.39 is 0 Å². The van der Waals surface area contributed by atoms with Gasteiger partial charge in [-0.15, -0.1) is 0 Å². The number of aliphatic imine (C=N–C) groups is 1. The van der Waals surface area contributed by atoms with Gasteiger partial charge in [0.1, 0.15) is 5.75 Å². The highest BCUT2D eigenvalue weighted by Crippen LogP contribution is 2.21. The Morgan fingerprint density at radius 2 is 1.89 bits per heavy atom. The van der Waals surface area contributed by atoms with Crippen LogP contribution in [-0.2, 0) is 11.3 Å². The van der Waals surface area contributed by atoms with Crippen LogP contribution in [0, 0.1) is 0 Å². The van der Waals surface area contributed by atoms with E-state index in [9.17, 15) is 0 Å². The van der Waals surface area contributed by atoms with Crippen LogP contribution in [0.4, 0.5) is 0 Å². The first kappa shape index (κ1) is 21.5. The van der Waals surface area contributed by atoms with E-state index in [0.717, 1.165) is 36.9 Å². The van der Waals surface area contributed by atoms with Crippen molar-refractivity contribution in [3.8, 4) is 5.75 Å². The number of benzene rings is 1. The zero-order valence-electron chi connectivity index (χ0n) is 17.7. The lowest BCUT2D eigenvalue weighted by molar-refractivity contribution is -0.0946. The van der Waals surface area contributed by atoms with E-state index in [0.29, 0.717) is 13.2 Å². The number of nitrogens with zero attached hydrogens (tertiary/aromatic N) is 2. The van der Waals surface area contributed by atoms with Crippen molar-refractivity contribution in [3.05, 3.63) is 29.8 Å². The molecule has 0 bridgehead atoms. The van der Waals surface area contributed by atoms with Crippen LogP contribution in [-0.4, -0.2) is 61.9 Å². The molecule has 2 N–H and O–H groups in total. The summed E-state index contributed by atoms with van der Waals surface area (Å²) in [5, 5.41) is 6.87. The van der Waals surface area contributed by atoms with Gasteiger partial charge in [0.25, 0.3) is 0 Å². The summed E-state index contributed by atoms with van der Waals surface area (Å²) in [6, 6.07) is 8.10. The Morgan fingerprint density at radius 3 is 2.52 bits per heavy atom. The molecule has 27 heavy (non-hydrogen) atoms. The Balaban J connectivity index is 1.90. The Hall–Kier alpha value is -1.79. The Bertz CT molecular complexity index is 608. The molecule has 1 aromatic carbocycles. The minimum atomic E-state index is 0.00709. The van der Waals surface area contributed by atoms with Crippen LogP contribution in [0.1, 0.15) is 40.2 Å². The van der Waals surface area contributed by atoms with Crippen LogP contribution in [0.25, 0.3) is 0 Å². The van der Waals surface area contributed by atoms with E-state index in [2.05, 4.69) is 54.3 Å². The normalized spacial score (nSPS) is 21.8. The molecule has 0 radical (unpaired) electrons. The standard InChI is InChI=1S/C21H36N4O2/c1-7-26-19-11-9-8-10-18(19)12-23-20(22-6)24-15-21(4,5)25-13-16(2)27-17(3)14-25/h8-11,16-17H,7,12-15H2,1-6H3,(H2,22,23,24). The second-order valence-electron chi connectivity index (χ2n) is 7.79. The van der Waals surface area contributed by atoms with Crippen molar-refractivity contribution in [2.75, 3.05) is 33.3 Å². The molecule has 1 aliphatic rings. The molecule has 0 spiro atoms. The van der Waals surface area contributed by atoms with Gasteiger partial charge in [-0.3, -0.25) is 9.89 Å². The first-order valence-corrected chi connectivity index (χ1v) is 9.91. The fourth-order valence-electron chi connectivity index (χ4n) is 3.43. The molecule has 152 valence electrons. The summed E-state index contributed by atoms with van der Waals surface area (Å²) in [6.07, 6.45) is 0.529. The smallest absolute Gasteiger partial charge is 0.191 e. The lowest BCUT2D eigenvalue weighted by Gasteiger charge is -2.45. The molecule has 1 saturated heterocycles. The van der Waals surface area contributed by atoms with Crippen LogP contribution in [0.15, 0.2) is 29.3 Å². The molecule has 2 rings (SSSR count). The largest absolute Gasteiger partial charge is 0.494 e. The van der Waals surface area contributed by atoms with Crippen LogP contribution < -0.4 is 15.4 Å². The third-order valence-electron chi connectivity index (χ3n) is 4.91. The number of morpholine rings is 1. The highest BCUT2D eigenvalue weighted by atomic mass is 16.5. The van der Waals surface area contributed by atoms with Crippen LogP contribution in [0.2, 0.25) is 0 Å². The number of hydrogen-bond donors (Lipinski definition) is 2. The number of guanidine groups is 1. The summed E-state index contributed by atoms with van der Waals surface area (Å²) < 4.78 is 11.6. The number of para-hydroxylation sites is 1. The summed E-state index contributed by atoms with van der Waals surface area (Å²) in [4.78, 5) is 6.86. The van der Waals surface area contributed by atoms with Crippen LogP contribution in [0.3, 0.4) is 0 Å². The first-order valence-electron chi connectivity index (χ1n) is 9.91. The molecule has 2 unspecified atom stereocenters. The monoisotopic (exact) mass is 376 g/mol. The second-order valence-corrected chi connectivity index (χ2v) is 7.79. The van der Waals surface area contributed by atoms with Crippen molar-refractivity contribution in [2.45, 2.75) is 58.9 Å². The SMILES string of the molecule is CCOc1ccccc1CNC(=NC)NCC(C)(C)N1CC(C)OC(C)C1. The van der Waals surface area contributed by atoms with Crippen molar-refractivity contribution < 1.29 is 9.47 Å². The number of hydrogen-bond acceptors (Lipinski definition) is 4. The minimum absolute atomic E-state index is 0.00709.